The minimum atomic E-state index is -0.0491. The van der Waals surface area contributed by atoms with Crippen LogP contribution in [-0.4, -0.2) is 53.7 Å². The number of furan rings is 1. The Hall–Kier alpha value is -1.66. The summed E-state index contributed by atoms with van der Waals surface area (Å²) in [7, 11) is 0. The van der Waals surface area contributed by atoms with E-state index in [1.54, 1.807) is 6.07 Å². The van der Waals surface area contributed by atoms with Crippen LogP contribution in [0.2, 0.25) is 0 Å². The molecule has 3 rings (SSSR count). The largest absolute Gasteiger partial charge is 0.455 e. The van der Waals surface area contributed by atoms with Crippen LogP contribution in [0.4, 0.5) is 0 Å². The lowest BCUT2D eigenvalue weighted by molar-refractivity contribution is -0.121. The maximum Gasteiger partial charge on any atom is 0.289 e. The van der Waals surface area contributed by atoms with Crippen LogP contribution >= 0.6 is 0 Å². The van der Waals surface area contributed by atoms with Gasteiger partial charge < -0.3 is 15.1 Å². The van der Waals surface area contributed by atoms with Crippen LogP contribution in [0.25, 0.3) is 0 Å². The SMILES string of the molecule is NC1CCN(C(=O)c2ccc(CN3CCC(=O)CC3)o2)CC1. The summed E-state index contributed by atoms with van der Waals surface area (Å²) in [6, 6.07) is 3.82. The summed E-state index contributed by atoms with van der Waals surface area (Å²) in [5.74, 6) is 1.46. The highest BCUT2D eigenvalue weighted by Gasteiger charge is 2.24. The van der Waals surface area contributed by atoms with E-state index in [9.17, 15) is 9.59 Å². The highest BCUT2D eigenvalue weighted by molar-refractivity contribution is 5.91. The molecule has 0 radical (unpaired) electrons. The topological polar surface area (TPSA) is 79.8 Å². The van der Waals surface area contributed by atoms with E-state index in [2.05, 4.69) is 4.90 Å². The van der Waals surface area contributed by atoms with E-state index in [4.69, 9.17) is 10.2 Å². The second kappa shape index (κ2) is 6.62. The number of Topliss-reactive ketones (excluding diaryl/α,β-unsaturated/α-hetero) is 1. The van der Waals surface area contributed by atoms with E-state index in [0.29, 0.717) is 44.0 Å². The summed E-state index contributed by atoms with van der Waals surface area (Å²) in [4.78, 5) is 27.6. The molecule has 6 nitrogen and oxygen atoms in total. The first-order valence-electron chi connectivity index (χ1n) is 7.99. The molecular formula is C16H23N3O3. The van der Waals surface area contributed by atoms with Gasteiger partial charge in [0.15, 0.2) is 5.76 Å². The number of carbonyl (C=O) groups excluding carboxylic acids is 2. The molecule has 3 heterocycles. The summed E-state index contributed by atoms with van der Waals surface area (Å²) in [5, 5.41) is 0. The molecule has 2 fully saturated rings. The third-order valence-electron chi connectivity index (χ3n) is 4.49. The number of carbonyl (C=O) groups is 2. The molecule has 0 saturated carbocycles. The number of amides is 1. The minimum absolute atomic E-state index is 0.0491. The van der Waals surface area contributed by atoms with Crippen molar-refractivity contribution in [2.45, 2.75) is 38.3 Å². The first-order valence-corrected chi connectivity index (χ1v) is 7.99. The van der Waals surface area contributed by atoms with Crippen molar-refractivity contribution in [2.75, 3.05) is 26.2 Å². The van der Waals surface area contributed by atoms with Crippen molar-refractivity contribution in [1.82, 2.24) is 9.80 Å². The Balaban J connectivity index is 1.56. The highest BCUT2D eigenvalue weighted by atomic mass is 16.4. The maximum atomic E-state index is 12.4. The molecule has 22 heavy (non-hydrogen) atoms. The van der Waals surface area contributed by atoms with E-state index < -0.39 is 0 Å². The van der Waals surface area contributed by atoms with Gasteiger partial charge in [-0.2, -0.15) is 0 Å². The van der Waals surface area contributed by atoms with Crippen LogP contribution in [0.3, 0.4) is 0 Å². The summed E-state index contributed by atoms with van der Waals surface area (Å²) in [6.45, 7) is 3.60. The Morgan fingerprint density at radius 1 is 1.18 bits per heavy atom. The number of piperidine rings is 2. The van der Waals surface area contributed by atoms with Crippen molar-refractivity contribution in [3.8, 4) is 0 Å². The van der Waals surface area contributed by atoms with Crippen LogP contribution in [-0.2, 0) is 11.3 Å². The fourth-order valence-corrected chi connectivity index (χ4v) is 3.02. The Morgan fingerprint density at radius 2 is 1.86 bits per heavy atom. The molecule has 0 atom stereocenters. The van der Waals surface area contributed by atoms with Gasteiger partial charge in [0.05, 0.1) is 6.54 Å². The quantitative estimate of drug-likeness (QED) is 0.901. The zero-order valence-electron chi connectivity index (χ0n) is 12.8. The second-order valence-corrected chi connectivity index (χ2v) is 6.21. The van der Waals surface area contributed by atoms with Gasteiger partial charge in [0.1, 0.15) is 11.5 Å². The van der Waals surface area contributed by atoms with Crippen LogP contribution < -0.4 is 5.73 Å². The van der Waals surface area contributed by atoms with Crippen molar-refractivity contribution < 1.29 is 14.0 Å². The molecule has 0 aromatic carbocycles. The third-order valence-corrected chi connectivity index (χ3v) is 4.49. The predicted molar refractivity (Wildman–Crippen MR) is 81.3 cm³/mol. The molecule has 2 aliphatic rings. The van der Waals surface area contributed by atoms with Gasteiger partial charge in [-0.3, -0.25) is 14.5 Å². The number of hydrogen-bond acceptors (Lipinski definition) is 5. The number of nitrogens with zero attached hydrogens (tertiary/aromatic N) is 2. The summed E-state index contributed by atoms with van der Waals surface area (Å²) in [6.07, 6.45) is 2.92. The van der Waals surface area contributed by atoms with Crippen molar-refractivity contribution in [3.63, 3.8) is 0 Å². The molecule has 2 N–H and O–H groups in total. The molecular weight excluding hydrogens is 282 g/mol. The molecule has 120 valence electrons. The van der Waals surface area contributed by atoms with Gasteiger partial charge >= 0.3 is 0 Å². The predicted octanol–water partition coefficient (Wildman–Crippen LogP) is 1.01. The molecule has 2 aliphatic heterocycles. The highest BCUT2D eigenvalue weighted by Crippen LogP contribution is 2.17. The number of ketones is 1. The van der Waals surface area contributed by atoms with Crippen LogP contribution in [0.5, 0.6) is 0 Å². The number of nitrogens with two attached hydrogens (primary N) is 1. The van der Waals surface area contributed by atoms with E-state index in [1.807, 2.05) is 11.0 Å². The Kier molecular flexibility index (Phi) is 4.59. The minimum Gasteiger partial charge on any atom is -0.455 e. The number of hydrogen-bond donors (Lipinski definition) is 1. The number of likely N-dealkylation sites (tertiary alicyclic amines) is 2. The van der Waals surface area contributed by atoms with Gasteiger partial charge in [-0.15, -0.1) is 0 Å². The summed E-state index contributed by atoms with van der Waals surface area (Å²) in [5.41, 5.74) is 5.86. The Morgan fingerprint density at radius 3 is 2.55 bits per heavy atom. The number of rotatable bonds is 3. The maximum absolute atomic E-state index is 12.4. The molecule has 0 unspecified atom stereocenters. The van der Waals surface area contributed by atoms with Gasteiger partial charge in [-0.25, -0.2) is 0 Å². The normalized spacial score (nSPS) is 21.3. The van der Waals surface area contributed by atoms with Gasteiger partial charge in [-0.05, 0) is 25.0 Å². The average Bonchev–Trinajstić information content (AvgIpc) is 2.98. The van der Waals surface area contributed by atoms with Gasteiger partial charge in [0.2, 0.25) is 0 Å². The van der Waals surface area contributed by atoms with Gasteiger partial charge in [0, 0.05) is 45.1 Å². The monoisotopic (exact) mass is 305 g/mol. The van der Waals surface area contributed by atoms with E-state index >= 15 is 0 Å². The van der Waals surface area contributed by atoms with E-state index in [-0.39, 0.29) is 11.9 Å². The molecule has 0 bridgehead atoms. The molecule has 2 saturated heterocycles. The zero-order chi connectivity index (χ0) is 15.5. The fourth-order valence-electron chi connectivity index (χ4n) is 3.02. The summed E-state index contributed by atoms with van der Waals surface area (Å²) < 4.78 is 5.71. The van der Waals surface area contributed by atoms with Crippen LogP contribution in [0.15, 0.2) is 16.5 Å². The Labute approximate surface area is 130 Å². The molecule has 0 spiro atoms. The van der Waals surface area contributed by atoms with Crippen molar-refractivity contribution in [2.24, 2.45) is 5.73 Å². The Bertz CT molecular complexity index is 537. The van der Waals surface area contributed by atoms with Crippen molar-refractivity contribution in [3.05, 3.63) is 23.7 Å². The standard InChI is InChI=1S/C16H23N3O3/c17-12-3-9-19(10-4-12)16(21)15-2-1-14(22-15)11-18-7-5-13(20)6-8-18/h1-2,12H,3-11,17H2. The molecule has 1 aromatic rings. The molecule has 1 aromatic heterocycles. The first kappa shape index (κ1) is 15.2. The first-order chi connectivity index (χ1) is 10.6. The average molecular weight is 305 g/mol. The summed E-state index contributed by atoms with van der Waals surface area (Å²) >= 11 is 0. The molecule has 0 aliphatic carbocycles. The lowest BCUT2D eigenvalue weighted by Gasteiger charge is -2.29. The third kappa shape index (κ3) is 3.56. The second-order valence-electron chi connectivity index (χ2n) is 6.21. The van der Waals surface area contributed by atoms with E-state index in [1.165, 1.54) is 0 Å². The molecule has 6 heteroatoms. The zero-order valence-corrected chi connectivity index (χ0v) is 12.8. The fraction of sp³-hybridized carbons (Fsp3) is 0.625. The van der Waals surface area contributed by atoms with Gasteiger partial charge in [0.25, 0.3) is 5.91 Å². The van der Waals surface area contributed by atoms with Crippen molar-refractivity contribution >= 4 is 11.7 Å². The van der Waals surface area contributed by atoms with Crippen LogP contribution in [0, 0.1) is 0 Å². The molecule has 1 amide bonds. The van der Waals surface area contributed by atoms with Crippen molar-refractivity contribution in [1.29, 1.82) is 0 Å². The van der Waals surface area contributed by atoms with E-state index in [0.717, 1.165) is 31.7 Å². The lowest BCUT2D eigenvalue weighted by atomic mass is 10.1. The lowest BCUT2D eigenvalue weighted by Crippen LogP contribution is -2.42. The van der Waals surface area contributed by atoms with Gasteiger partial charge in [-0.1, -0.05) is 0 Å². The smallest absolute Gasteiger partial charge is 0.289 e. The van der Waals surface area contributed by atoms with Crippen LogP contribution in [0.1, 0.15) is 42.0 Å².